The van der Waals surface area contributed by atoms with Crippen molar-refractivity contribution in [1.29, 1.82) is 5.26 Å². The van der Waals surface area contributed by atoms with Crippen LogP contribution in [0.15, 0.2) is 18.2 Å². The van der Waals surface area contributed by atoms with Gasteiger partial charge in [0.15, 0.2) is 0 Å². The van der Waals surface area contributed by atoms with Gasteiger partial charge in [0, 0.05) is 0 Å². The first-order chi connectivity index (χ1) is 7.60. The van der Waals surface area contributed by atoms with E-state index in [4.69, 9.17) is 10.4 Å². The van der Waals surface area contributed by atoms with E-state index >= 15 is 0 Å². The standard InChI is InChI=1S/C12H15NO3/c1-8-6-9(7-14)2-3-10(8)12(16)11(15)4-5-13/h2-3,6,11-12,14-16H,4,7H2,1H3. The first kappa shape index (κ1) is 12.7. The number of nitrogens with zero attached hydrogens (tertiary/aromatic N) is 1. The Morgan fingerprint density at radius 2 is 2.06 bits per heavy atom. The molecule has 3 N–H and O–H groups in total. The van der Waals surface area contributed by atoms with Gasteiger partial charge in [-0.2, -0.15) is 5.26 Å². The Labute approximate surface area is 94.4 Å². The summed E-state index contributed by atoms with van der Waals surface area (Å²) in [5.74, 6) is 0. The summed E-state index contributed by atoms with van der Waals surface area (Å²) >= 11 is 0. The zero-order valence-corrected chi connectivity index (χ0v) is 9.09. The second-order valence-corrected chi connectivity index (χ2v) is 3.72. The number of benzene rings is 1. The third kappa shape index (κ3) is 2.80. The van der Waals surface area contributed by atoms with Crippen LogP contribution in [-0.2, 0) is 6.61 Å². The van der Waals surface area contributed by atoms with Crippen LogP contribution in [0.3, 0.4) is 0 Å². The molecule has 0 aliphatic rings. The predicted molar refractivity (Wildman–Crippen MR) is 58.3 cm³/mol. The molecule has 1 aromatic rings. The number of aryl methyl sites for hydroxylation is 1. The lowest BCUT2D eigenvalue weighted by Crippen LogP contribution is -2.18. The second kappa shape index (κ2) is 5.61. The molecule has 86 valence electrons. The summed E-state index contributed by atoms with van der Waals surface area (Å²) in [6, 6.07) is 6.90. The Kier molecular flexibility index (Phi) is 4.44. The molecule has 1 aromatic carbocycles. The molecule has 0 fully saturated rings. The predicted octanol–water partition coefficient (Wildman–Crippen LogP) is 0.795. The monoisotopic (exact) mass is 221 g/mol. The molecule has 0 radical (unpaired) electrons. The number of aliphatic hydroxyl groups excluding tert-OH is 3. The average Bonchev–Trinajstić information content (AvgIpc) is 2.28. The zero-order valence-electron chi connectivity index (χ0n) is 9.09. The van der Waals surface area contributed by atoms with Gasteiger partial charge in [-0.15, -0.1) is 0 Å². The Hall–Kier alpha value is -1.41. The summed E-state index contributed by atoms with van der Waals surface area (Å²) in [6.07, 6.45) is -2.25. The van der Waals surface area contributed by atoms with E-state index in [9.17, 15) is 10.2 Å². The molecule has 4 heteroatoms. The van der Waals surface area contributed by atoms with Crippen molar-refractivity contribution in [2.45, 2.75) is 32.2 Å². The smallest absolute Gasteiger partial charge is 0.106 e. The van der Waals surface area contributed by atoms with Gasteiger partial charge >= 0.3 is 0 Å². The Morgan fingerprint density at radius 3 is 2.56 bits per heavy atom. The van der Waals surface area contributed by atoms with Crippen molar-refractivity contribution in [3.63, 3.8) is 0 Å². The Bertz CT molecular complexity index is 398. The molecule has 4 nitrogen and oxygen atoms in total. The van der Waals surface area contributed by atoms with Gasteiger partial charge in [-0.1, -0.05) is 18.2 Å². The lowest BCUT2D eigenvalue weighted by Gasteiger charge is -2.18. The molecule has 16 heavy (non-hydrogen) atoms. The SMILES string of the molecule is Cc1cc(CO)ccc1C(O)C(O)CC#N. The lowest BCUT2D eigenvalue weighted by molar-refractivity contribution is 0.0212. The van der Waals surface area contributed by atoms with Crippen molar-refractivity contribution in [3.05, 3.63) is 34.9 Å². The van der Waals surface area contributed by atoms with Crippen LogP contribution < -0.4 is 0 Å². The molecule has 0 spiro atoms. The maximum atomic E-state index is 9.80. The van der Waals surface area contributed by atoms with Gasteiger partial charge in [-0.05, 0) is 23.6 Å². The average molecular weight is 221 g/mol. The summed E-state index contributed by atoms with van der Waals surface area (Å²) in [5.41, 5.74) is 2.12. The van der Waals surface area contributed by atoms with Gasteiger partial charge in [-0.3, -0.25) is 0 Å². The van der Waals surface area contributed by atoms with E-state index in [0.29, 0.717) is 5.56 Å². The van der Waals surface area contributed by atoms with Gasteiger partial charge in [0.2, 0.25) is 0 Å². The van der Waals surface area contributed by atoms with Gasteiger partial charge in [-0.25, -0.2) is 0 Å². The van der Waals surface area contributed by atoms with E-state index in [1.165, 1.54) is 0 Å². The van der Waals surface area contributed by atoms with Crippen molar-refractivity contribution in [2.75, 3.05) is 0 Å². The van der Waals surface area contributed by atoms with Gasteiger partial charge in [0.25, 0.3) is 0 Å². The quantitative estimate of drug-likeness (QED) is 0.702. The molecule has 1 rings (SSSR count). The molecule has 0 saturated carbocycles. The molecule has 0 aliphatic heterocycles. The Balaban J connectivity index is 2.92. The lowest BCUT2D eigenvalue weighted by atomic mass is 9.96. The molecule has 0 bridgehead atoms. The van der Waals surface area contributed by atoms with Crippen LogP contribution in [0.1, 0.15) is 29.2 Å². The van der Waals surface area contributed by atoms with Crippen LogP contribution in [0.25, 0.3) is 0 Å². The minimum atomic E-state index is -1.08. The van der Waals surface area contributed by atoms with Crippen LogP contribution in [0.5, 0.6) is 0 Å². The van der Waals surface area contributed by atoms with Gasteiger partial charge < -0.3 is 15.3 Å². The van der Waals surface area contributed by atoms with Crippen LogP contribution in [-0.4, -0.2) is 21.4 Å². The third-order valence-corrected chi connectivity index (χ3v) is 2.50. The van der Waals surface area contributed by atoms with Gasteiger partial charge in [0.1, 0.15) is 6.10 Å². The van der Waals surface area contributed by atoms with Crippen LogP contribution in [0.4, 0.5) is 0 Å². The maximum absolute atomic E-state index is 9.80. The van der Waals surface area contributed by atoms with E-state index in [-0.39, 0.29) is 13.0 Å². The highest BCUT2D eigenvalue weighted by atomic mass is 16.3. The maximum Gasteiger partial charge on any atom is 0.106 e. The molecule has 0 aliphatic carbocycles. The molecule has 2 atom stereocenters. The highest BCUT2D eigenvalue weighted by Gasteiger charge is 2.19. The van der Waals surface area contributed by atoms with Crippen LogP contribution in [0.2, 0.25) is 0 Å². The fraction of sp³-hybridized carbons (Fsp3) is 0.417. The summed E-state index contributed by atoms with van der Waals surface area (Å²) in [6.45, 7) is 1.73. The molecule has 0 saturated heterocycles. The number of hydrogen-bond acceptors (Lipinski definition) is 4. The summed E-state index contributed by atoms with van der Waals surface area (Å²) in [5, 5.41) is 36.7. The van der Waals surface area contributed by atoms with Gasteiger partial charge in [0.05, 0.1) is 25.2 Å². The molecule has 0 aromatic heterocycles. The molecule has 0 amide bonds. The number of hydrogen-bond donors (Lipinski definition) is 3. The fourth-order valence-electron chi connectivity index (χ4n) is 1.58. The molecular weight excluding hydrogens is 206 g/mol. The molecule has 2 unspecified atom stereocenters. The summed E-state index contributed by atoms with van der Waals surface area (Å²) in [4.78, 5) is 0. The Morgan fingerprint density at radius 1 is 1.38 bits per heavy atom. The number of nitriles is 1. The highest BCUT2D eigenvalue weighted by Crippen LogP contribution is 2.23. The van der Waals surface area contributed by atoms with Crippen molar-refractivity contribution >= 4 is 0 Å². The van der Waals surface area contributed by atoms with E-state index in [1.54, 1.807) is 25.1 Å². The van der Waals surface area contributed by atoms with E-state index in [0.717, 1.165) is 11.1 Å². The van der Waals surface area contributed by atoms with Crippen LogP contribution in [0, 0.1) is 18.3 Å². The minimum Gasteiger partial charge on any atom is -0.392 e. The van der Waals surface area contributed by atoms with Crippen molar-refractivity contribution in [2.24, 2.45) is 0 Å². The summed E-state index contributed by atoms with van der Waals surface area (Å²) < 4.78 is 0. The zero-order chi connectivity index (χ0) is 12.1. The molecule has 0 heterocycles. The second-order valence-electron chi connectivity index (χ2n) is 3.72. The van der Waals surface area contributed by atoms with Crippen LogP contribution >= 0.6 is 0 Å². The largest absolute Gasteiger partial charge is 0.392 e. The first-order valence-electron chi connectivity index (χ1n) is 5.03. The van der Waals surface area contributed by atoms with E-state index < -0.39 is 12.2 Å². The van der Waals surface area contributed by atoms with Crippen molar-refractivity contribution in [3.8, 4) is 6.07 Å². The topological polar surface area (TPSA) is 84.5 Å². The van der Waals surface area contributed by atoms with E-state index in [1.807, 2.05) is 6.07 Å². The minimum absolute atomic E-state index is 0.0576. The fourth-order valence-corrected chi connectivity index (χ4v) is 1.58. The van der Waals surface area contributed by atoms with E-state index in [2.05, 4.69) is 0 Å². The number of rotatable bonds is 4. The first-order valence-corrected chi connectivity index (χ1v) is 5.03. The summed E-state index contributed by atoms with van der Waals surface area (Å²) in [7, 11) is 0. The third-order valence-electron chi connectivity index (χ3n) is 2.50. The molecular formula is C12H15NO3. The normalized spacial score (nSPS) is 14.2. The number of aliphatic hydroxyl groups is 3. The van der Waals surface area contributed by atoms with Crippen molar-refractivity contribution in [1.82, 2.24) is 0 Å². The highest BCUT2D eigenvalue weighted by molar-refractivity contribution is 5.33. The van der Waals surface area contributed by atoms with Crippen molar-refractivity contribution < 1.29 is 15.3 Å².